The van der Waals surface area contributed by atoms with E-state index in [2.05, 4.69) is 21.2 Å². The predicted molar refractivity (Wildman–Crippen MR) is 123 cm³/mol. The number of nitrogens with one attached hydrogen (secondary N) is 1. The lowest BCUT2D eigenvalue weighted by Crippen LogP contribution is -2.43. The van der Waals surface area contributed by atoms with Gasteiger partial charge in [0.25, 0.3) is 0 Å². The molecule has 1 unspecified atom stereocenters. The van der Waals surface area contributed by atoms with E-state index in [-0.39, 0.29) is 11.7 Å². The van der Waals surface area contributed by atoms with E-state index in [1.54, 1.807) is 12.1 Å². The van der Waals surface area contributed by atoms with Gasteiger partial charge in [0.2, 0.25) is 5.91 Å². The highest BCUT2D eigenvalue weighted by atomic mass is 19.1. The van der Waals surface area contributed by atoms with Gasteiger partial charge in [-0.3, -0.25) is 9.69 Å². The third-order valence-corrected chi connectivity index (χ3v) is 6.97. The van der Waals surface area contributed by atoms with Crippen molar-refractivity contribution >= 4 is 11.7 Å². The summed E-state index contributed by atoms with van der Waals surface area (Å²) >= 11 is 0. The molecule has 4 rings (SSSR count). The van der Waals surface area contributed by atoms with Gasteiger partial charge in [0, 0.05) is 24.8 Å². The molecule has 0 saturated carbocycles. The van der Waals surface area contributed by atoms with Crippen molar-refractivity contribution in [2.24, 2.45) is 0 Å². The van der Waals surface area contributed by atoms with E-state index in [1.807, 2.05) is 18.4 Å². The zero-order valence-corrected chi connectivity index (χ0v) is 19.0. The summed E-state index contributed by atoms with van der Waals surface area (Å²) in [7, 11) is 0. The molecule has 6 nitrogen and oxygen atoms in total. The number of hydrogen-bond acceptors (Lipinski definition) is 4. The Labute approximate surface area is 189 Å². The van der Waals surface area contributed by atoms with Crippen LogP contribution in [0.2, 0.25) is 0 Å². The first-order valence-electron chi connectivity index (χ1n) is 11.6. The fourth-order valence-electron chi connectivity index (χ4n) is 5.03. The van der Waals surface area contributed by atoms with Crippen LogP contribution in [0.4, 0.5) is 10.2 Å². The van der Waals surface area contributed by atoms with E-state index in [1.165, 1.54) is 25.0 Å². The number of nitriles is 1. The molecule has 2 aliphatic rings. The molecule has 170 valence electrons. The third kappa shape index (κ3) is 4.87. The summed E-state index contributed by atoms with van der Waals surface area (Å²) in [6.07, 6.45) is 4.79. The Morgan fingerprint density at radius 1 is 1.16 bits per heavy atom. The Balaban J connectivity index is 1.48. The smallest absolute Gasteiger partial charge is 0.239 e. The van der Waals surface area contributed by atoms with Crippen molar-refractivity contribution in [2.45, 2.75) is 52.1 Å². The topological polar surface area (TPSA) is 64.3 Å². The molecule has 1 aromatic carbocycles. The van der Waals surface area contributed by atoms with Gasteiger partial charge in [0.05, 0.1) is 12.1 Å². The fraction of sp³-hybridized carbons (Fsp3) is 0.520. The average Bonchev–Trinajstić information content (AvgIpc) is 3.49. The zero-order valence-electron chi connectivity index (χ0n) is 19.0. The van der Waals surface area contributed by atoms with E-state index in [9.17, 15) is 14.4 Å². The predicted octanol–water partition coefficient (Wildman–Crippen LogP) is 3.66. The molecule has 2 aliphatic heterocycles. The standard InChI is InChI=1S/C25H32FN5O/c1-18-19(2)31(15-20-7-9-21(26)10-8-20)25(23(18)14-27)28-24(32)17-30-13-5-6-22(30)16-29-11-3-4-12-29/h7-10,22H,3-6,11-13,15-17H2,1-2H3,(H,28,32). The Kier molecular flexibility index (Phi) is 6.92. The summed E-state index contributed by atoms with van der Waals surface area (Å²) in [5.74, 6) is 0.161. The quantitative estimate of drug-likeness (QED) is 0.718. The maximum atomic E-state index is 13.3. The van der Waals surface area contributed by atoms with Crippen LogP contribution in [0.5, 0.6) is 0 Å². The van der Waals surface area contributed by atoms with Crippen LogP contribution < -0.4 is 5.32 Å². The molecule has 1 atom stereocenters. The van der Waals surface area contributed by atoms with E-state index >= 15 is 0 Å². The number of amides is 1. The van der Waals surface area contributed by atoms with Crippen molar-refractivity contribution in [2.75, 3.05) is 38.0 Å². The summed E-state index contributed by atoms with van der Waals surface area (Å²) in [4.78, 5) is 17.8. The second-order valence-corrected chi connectivity index (χ2v) is 9.08. The summed E-state index contributed by atoms with van der Waals surface area (Å²) in [5.41, 5.74) is 3.19. The molecule has 2 aromatic rings. The van der Waals surface area contributed by atoms with Crippen molar-refractivity contribution < 1.29 is 9.18 Å². The van der Waals surface area contributed by atoms with Gasteiger partial charge in [-0.25, -0.2) is 4.39 Å². The van der Waals surface area contributed by atoms with Gasteiger partial charge in [-0.15, -0.1) is 0 Å². The second-order valence-electron chi connectivity index (χ2n) is 9.08. The first-order chi connectivity index (χ1) is 15.5. The van der Waals surface area contributed by atoms with E-state index in [0.717, 1.165) is 55.8 Å². The molecule has 0 bridgehead atoms. The van der Waals surface area contributed by atoms with Gasteiger partial charge in [-0.05, 0) is 82.4 Å². The van der Waals surface area contributed by atoms with Crippen LogP contribution in [0.15, 0.2) is 24.3 Å². The third-order valence-electron chi connectivity index (χ3n) is 6.97. The van der Waals surface area contributed by atoms with Gasteiger partial charge < -0.3 is 14.8 Å². The van der Waals surface area contributed by atoms with Crippen molar-refractivity contribution in [1.29, 1.82) is 5.26 Å². The summed E-state index contributed by atoms with van der Waals surface area (Å²) in [6, 6.07) is 9.00. The van der Waals surface area contributed by atoms with Crippen molar-refractivity contribution in [3.05, 3.63) is 52.5 Å². The summed E-state index contributed by atoms with van der Waals surface area (Å²) in [5, 5.41) is 12.8. The Morgan fingerprint density at radius 2 is 1.88 bits per heavy atom. The molecule has 2 fully saturated rings. The number of rotatable bonds is 7. The van der Waals surface area contributed by atoms with E-state index < -0.39 is 0 Å². The lowest BCUT2D eigenvalue weighted by atomic mass is 10.2. The molecular formula is C25H32FN5O. The number of benzene rings is 1. The van der Waals surface area contributed by atoms with Crippen LogP contribution in [0.1, 0.15) is 48.1 Å². The first kappa shape index (κ1) is 22.5. The number of carbonyl (C=O) groups excluding carboxylic acids is 1. The van der Waals surface area contributed by atoms with Gasteiger partial charge >= 0.3 is 0 Å². The number of halogens is 1. The summed E-state index contributed by atoms with van der Waals surface area (Å²) in [6.45, 7) is 8.95. The van der Waals surface area contributed by atoms with E-state index in [4.69, 9.17) is 0 Å². The van der Waals surface area contributed by atoms with Crippen molar-refractivity contribution in [3.63, 3.8) is 0 Å². The molecule has 32 heavy (non-hydrogen) atoms. The van der Waals surface area contributed by atoms with Crippen LogP contribution in [0, 0.1) is 31.0 Å². The van der Waals surface area contributed by atoms with Crippen molar-refractivity contribution in [3.8, 4) is 6.07 Å². The number of anilines is 1. The maximum absolute atomic E-state index is 13.3. The zero-order chi connectivity index (χ0) is 22.7. The first-order valence-corrected chi connectivity index (χ1v) is 11.6. The maximum Gasteiger partial charge on any atom is 0.239 e. The number of likely N-dealkylation sites (tertiary alicyclic amines) is 2. The minimum atomic E-state index is -0.283. The Morgan fingerprint density at radius 3 is 2.56 bits per heavy atom. The normalized spacial score (nSPS) is 19.4. The summed E-state index contributed by atoms with van der Waals surface area (Å²) < 4.78 is 15.3. The van der Waals surface area contributed by atoms with E-state index in [0.29, 0.717) is 30.5 Å². The van der Waals surface area contributed by atoms with Crippen LogP contribution in [-0.2, 0) is 11.3 Å². The molecule has 3 heterocycles. The largest absolute Gasteiger partial charge is 0.326 e. The minimum absolute atomic E-state index is 0.0901. The Bertz CT molecular complexity index is 1000. The SMILES string of the molecule is Cc1c(C#N)c(NC(=O)CN2CCCC2CN2CCCC2)n(Cc2ccc(F)cc2)c1C. The molecule has 1 N–H and O–H groups in total. The molecule has 1 amide bonds. The molecule has 1 aromatic heterocycles. The van der Waals surface area contributed by atoms with Crippen molar-refractivity contribution in [1.82, 2.24) is 14.4 Å². The molecule has 0 spiro atoms. The number of aromatic nitrogens is 1. The monoisotopic (exact) mass is 437 g/mol. The molecule has 0 aliphatic carbocycles. The van der Waals surface area contributed by atoms with Crippen LogP contribution >= 0.6 is 0 Å². The number of hydrogen-bond donors (Lipinski definition) is 1. The van der Waals surface area contributed by atoms with Crippen LogP contribution in [0.25, 0.3) is 0 Å². The lowest BCUT2D eigenvalue weighted by molar-refractivity contribution is -0.117. The van der Waals surface area contributed by atoms with Gasteiger partial charge in [0.1, 0.15) is 17.7 Å². The van der Waals surface area contributed by atoms with Gasteiger partial charge in [-0.1, -0.05) is 12.1 Å². The highest BCUT2D eigenvalue weighted by molar-refractivity contribution is 5.93. The highest BCUT2D eigenvalue weighted by Gasteiger charge is 2.29. The minimum Gasteiger partial charge on any atom is -0.326 e. The Hall–Kier alpha value is -2.69. The number of carbonyl (C=O) groups is 1. The average molecular weight is 438 g/mol. The highest BCUT2D eigenvalue weighted by Crippen LogP contribution is 2.28. The number of nitrogens with zero attached hydrogens (tertiary/aromatic N) is 4. The second kappa shape index (κ2) is 9.85. The van der Waals surface area contributed by atoms with Crippen LogP contribution in [-0.4, -0.2) is 59.0 Å². The van der Waals surface area contributed by atoms with Crippen LogP contribution in [0.3, 0.4) is 0 Å². The molecule has 7 heteroatoms. The fourth-order valence-corrected chi connectivity index (χ4v) is 5.03. The molecular weight excluding hydrogens is 405 g/mol. The molecule has 2 saturated heterocycles. The van der Waals surface area contributed by atoms with Gasteiger partial charge in [0.15, 0.2) is 0 Å². The van der Waals surface area contributed by atoms with Gasteiger partial charge in [-0.2, -0.15) is 5.26 Å². The molecule has 0 radical (unpaired) electrons. The lowest BCUT2D eigenvalue weighted by Gasteiger charge is -2.28.